The van der Waals surface area contributed by atoms with Gasteiger partial charge in [0.05, 0.1) is 0 Å². The van der Waals surface area contributed by atoms with Crippen molar-refractivity contribution in [1.29, 1.82) is 0 Å². The molecular formula is C15H17BrClNOS. The van der Waals surface area contributed by atoms with E-state index < -0.39 is 0 Å². The Hall–Kier alpha value is -0.550. The molecule has 2 nitrogen and oxygen atoms in total. The summed E-state index contributed by atoms with van der Waals surface area (Å²) in [5.41, 5.74) is 0. The van der Waals surface area contributed by atoms with Crippen LogP contribution >= 0.6 is 38.9 Å². The highest BCUT2D eigenvalue weighted by Gasteiger charge is 2.12. The van der Waals surface area contributed by atoms with Crippen molar-refractivity contribution < 1.29 is 4.74 Å². The summed E-state index contributed by atoms with van der Waals surface area (Å²) in [6.45, 7) is 3.68. The van der Waals surface area contributed by atoms with Crippen LogP contribution in [0.25, 0.3) is 0 Å². The topological polar surface area (TPSA) is 21.3 Å². The minimum atomic E-state index is 0.297. The van der Waals surface area contributed by atoms with Gasteiger partial charge in [0.1, 0.15) is 12.4 Å². The maximum atomic E-state index is 5.86. The zero-order valence-electron chi connectivity index (χ0n) is 11.2. The fraction of sp³-hybridized carbons (Fsp3) is 0.333. The summed E-state index contributed by atoms with van der Waals surface area (Å²) < 4.78 is 7.01. The molecule has 2 aromatic rings. The van der Waals surface area contributed by atoms with E-state index in [1.165, 1.54) is 9.35 Å². The lowest BCUT2D eigenvalue weighted by molar-refractivity contribution is 0.265. The average Bonchev–Trinajstić information content (AvgIpc) is 2.84. The minimum Gasteiger partial charge on any atom is -0.492 e. The number of hydrogen-bond donors (Lipinski definition) is 1. The second-order valence-electron chi connectivity index (χ2n) is 4.42. The lowest BCUT2D eigenvalue weighted by Crippen LogP contribution is -2.36. The first kappa shape index (κ1) is 15.8. The molecule has 1 atom stereocenters. The quantitative estimate of drug-likeness (QED) is 0.754. The summed E-state index contributed by atoms with van der Waals surface area (Å²) in [5.74, 6) is 0.850. The molecule has 0 amide bonds. The van der Waals surface area contributed by atoms with Crippen LogP contribution in [0.3, 0.4) is 0 Å². The van der Waals surface area contributed by atoms with Crippen molar-refractivity contribution in [2.45, 2.75) is 19.4 Å². The second-order valence-corrected chi connectivity index (χ2v) is 6.71. The van der Waals surface area contributed by atoms with Gasteiger partial charge in [0, 0.05) is 26.8 Å². The van der Waals surface area contributed by atoms with Crippen LogP contribution in [-0.4, -0.2) is 19.2 Å². The Bertz CT molecular complexity index is 529. The molecule has 0 saturated heterocycles. The average molecular weight is 375 g/mol. The molecule has 0 aliphatic rings. The molecule has 1 heterocycles. The molecule has 0 aliphatic carbocycles. The Morgan fingerprint density at radius 1 is 1.30 bits per heavy atom. The molecule has 0 spiro atoms. The molecule has 0 fully saturated rings. The van der Waals surface area contributed by atoms with E-state index in [4.69, 9.17) is 16.3 Å². The summed E-state index contributed by atoms with van der Waals surface area (Å²) in [6.07, 6.45) is 0.958. The normalized spacial score (nSPS) is 12.3. The lowest BCUT2D eigenvalue weighted by Gasteiger charge is -2.18. The first-order chi connectivity index (χ1) is 9.69. The van der Waals surface area contributed by atoms with Crippen LogP contribution in [0.5, 0.6) is 5.75 Å². The standard InChI is InChI=1S/C15H17BrClNOS/c1-2-18-12(9-15-14(16)7-8-20-15)10-19-13-5-3-11(17)4-6-13/h3-8,12,18H,2,9-10H2,1H3. The number of thiophene rings is 1. The summed E-state index contributed by atoms with van der Waals surface area (Å²) in [7, 11) is 0. The summed E-state index contributed by atoms with van der Waals surface area (Å²) in [4.78, 5) is 1.34. The molecule has 0 saturated carbocycles. The molecule has 2 rings (SSSR count). The van der Waals surface area contributed by atoms with Crippen LogP contribution < -0.4 is 10.1 Å². The molecule has 1 aromatic carbocycles. The van der Waals surface area contributed by atoms with Crippen LogP contribution in [0.2, 0.25) is 5.02 Å². The smallest absolute Gasteiger partial charge is 0.119 e. The van der Waals surface area contributed by atoms with Gasteiger partial charge in [0.2, 0.25) is 0 Å². The van der Waals surface area contributed by atoms with E-state index in [-0.39, 0.29) is 0 Å². The van der Waals surface area contributed by atoms with E-state index in [2.05, 4.69) is 39.6 Å². The molecular weight excluding hydrogens is 358 g/mol. The molecule has 1 N–H and O–H groups in total. The Kier molecular flexibility index (Phi) is 6.36. The molecule has 5 heteroatoms. The predicted molar refractivity (Wildman–Crippen MR) is 90.1 cm³/mol. The monoisotopic (exact) mass is 373 g/mol. The summed E-state index contributed by atoms with van der Waals surface area (Å²) in [6, 6.07) is 9.86. The lowest BCUT2D eigenvalue weighted by atomic mass is 10.2. The van der Waals surface area contributed by atoms with Crippen molar-refractivity contribution in [3.05, 3.63) is 50.1 Å². The Morgan fingerprint density at radius 2 is 2.05 bits per heavy atom. The third kappa shape index (κ3) is 4.77. The van der Waals surface area contributed by atoms with Crippen molar-refractivity contribution in [3.8, 4) is 5.75 Å². The van der Waals surface area contributed by atoms with Crippen molar-refractivity contribution in [2.24, 2.45) is 0 Å². The molecule has 108 valence electrons. The molecule has 1 aromatic heterocycles. The number of hydrogen-bond acceptors (Lipinski definition) is 3. The first-order valence-electron chi connectivity index (χ1n) is 6.52. The largest absolute Gasteiger partial charge is 0.492 e. The van der Waals surface area contributed by atoms with E-state index in [9.17, 15) is 0 Å². The van der Waals surface area contributed by atoms with Gasteiger partial charge < -0.3 is 10.1 Å². The van der Waals surface area contributed by atoms with Gasteiger partial charge in [-0.15, -0.1) is 11.3 Å². The minimum absolute atomic E-state index is 0.297. The number of ether oxygens (including phenoxy) is 1. The molecule has 0 aliphatic heterocycles. The van der Waals surface area contributed by atoms with Crippen molar-refractivity contribution >= 4 is 38.9 Å². The van der Waals surface area contributed by atoms with Gasteiger partial charge in [-0.05, 0) is 58.2 Å². The Morgan fingerprint density at radius 3 is 2.65 bits per heavy atom. The number of likely N-dealkylation sites (N-methyl/N-ethyl adjacent to an activating group) is 1. The van der Waals surface area contributed by atoms with Gasteiger partial charge >= 0.3 is 0 Å². The van der Waals surface area contributed by atoms with Gasteiger partial charge in [0.15, 0.2) is 0 Å². The van der Waals surface area contributed by atoms with Gasteiger partial charge in [-0.3, -0.25) is 0 Å². The van der Waals surface area contributed by atoms with Gasteiger partial charge in [-0.1, -0.05) is 18.5 Å². The zero-order valence-corrected chi connectivity index (χ0v) is 14.4. The second kappa shape index (κ2) is 8.03. The highest BCUT2D eigenvalue weighted by Crippen LogP contribution is 2.24. The van der Waals surface area contributed by atoms with Crippen molar-refractivity contribution in [2.75, 3.05) is 13.2 Å². The molecule has 20 heavy (non-hydrogen) atoms. The molecule has 1 unspecified atom stereocenters. The molecule has 0 radical (unpaired) electrons. The number of halogens is 2. The first-order valence-corrected chi connectivity index (χ1v) is 8.57. The third-order valence-corrected chi connectivity index (χ3v) is 5.08. The van der Waals surface area contributed by atoms with Crippen LogP contribution in [0.1, 0.15) is 11.8 Å². The van der Waals surface area contributed by atoms with Crippen LogP contribution in [-0.2, 0) is 6.42 Å². The van der Waals surface area contributed by atoms with Crippen LogP contribution in [0.4, 0.5) is 0 Å². The van der Waals surface area contributed by atoms with Crippen LogP contribution in [0, 0.1) is 0 Å². The third-order valence-electron chi connectivity index (χ3n) is 2.88. The van der Waals surface area contributed by atoms with Crippen molar-refractivity contribution in [1.82, 2.24) is 5.32 Å². The number of nitrogens with one attached hydrogen (secondary N) is 1. The zero-order chi connectivity index (χ0) is 14.4. The number of benzene rings is 1. The fourth-order valence-electron chi connectivity index (χ4n) is 1.90. The van der Waals surface area contributed by atoms with E-state index in [0.29, 0.717) is 12.6 Å². The van der Waals surface area contributed by atoms with Gasteiger partial charge in [0.25, 0.3) is 0 Å². The van der Waals surface area contributed by atoms with Gasteiger partial charge in [-0.2, -0.15) is 0 Å². The molecule has 0 bridgehead atoms. The summed E-state index contributed by atoms with van der Waals surface area (Å²) in [5, 5.41) is 6.29. The Balaban J connectivity index is 1.92. The highest BCUT2D eigenvalue weighted by molar-refractivity contribution is 9.10. The SMILES string of the molecule is CCNC(COc1ccc(Cl)cc1)Cc1sccc1Br. The number of rotatable bonds is 7. The fourth-order valence-corrected chi connectivity index (χ4v) is 3.62. The predicted octanol–water partition coefficient (Wildman–Crippen LogP) is 4.76. The van der Waals surface area contributed by atoms with E-state index in [1.54, 1.807) is 11.3 Å². The van der Waals surface area contributed by atoms with E-state index >= 15 is 0 Å². The van der Waals surface area contributed by atoms with Crippen molar-refractivity contribution in [3.63, 3.8) is 0 Å². The maximum Gasteiger partial charge on any atom is 0.119 e. The Labute approximate surface area is 137 Å². The van der Waals surface area contributed by atoms with Gasteiger partial charge in [-0.25, -0.2) is 0 Å². The summed E-state index contributed by atoms with van der Waals surface area (Å²) >= 11 is 11.2. The van der Waals surface area contributed by atoms with E-state index in [0.717, 1.165) is 23.7 Å². The maximum absolute atomic E-state index is 5.86. The highest BCUT2D eigenvalue weighted by atomic mass is 79.9. The van der Waals surface area contributed by atoms with E-state index in [1.807, 2.05) is 24.3 Å². The van der Waals surface area contributed by atoms with Crippen LogP contribution in [0.15, 0.2) is 40.2 Å².